The molecule has 0 bridgehead atoms. The molecule has 0 unspecified atom stereocenters. The molecule has 1 nitrogen and oxygen atoms in total. The second-order valence-electron chi connectivity index (χ2n) is 6.48. The molecule has 0 heterocycles. The third-order valence-electron chi connectivity index (χ3n) is 3.69. The predicted molar refractivity (Wildman–Crippen MR) is 105 cm³/mol. The van der Waals surface area contributed by atoms with E-state index in [-0.39, 0.29) is 0 Å². The molecule has 0 saturated heterocycles. The van der Waals surface area contributed by atoms with E-state index in [2.05, 4.69) is 76.2 Å². The maximum absolute atomic E-state index is 4.52. The number of aliphatic imine (C=N–C) groups is 1. The highest BCUT2D eigenvalue weighted by Crippen LogP contribution is 2.28. The van der Waals surface area contributed by atoms with Crippen molar-refractivity contribution in [3.63, 3.8) is 0 Å². The predicted octanol–water partition coefficient (Wildman–Crippen LogP) is 6.53. The first-order valence-electron chi connectivity index (χ1n) is 8.08. The number of hydrogen-bond donors (Lipinski definition) is 0. The van der Waals surface area contributed by atoms with Crippen LogP contribution in [0.1, 0.15) is 45.7 Å². The molecule has 0 fully saturated rings. The maximum atomic E-state index is 4.52. The SMILES string of the molecule is C=C(C)C(C)=N/C=C(C)/C(=C/C(C)C)C(=C)c1cccc(C)c1. The van der Waals surface area contributed by atoms with Gasteiger partial charge in [-0.1, -0.05) is 62.9 Å². The van der Waals surface area contributed by atoms with Gasteiger partial charge in [-0.3, -0.25) is 4.99 Å². The third-order valence-corrected chi connectivity index (χ3v) is 3.69. The summed E-state index contributed by atoms with van der Waals surface area (Å²) in [6.45, 7) is 20.8. The van der Waals surface area contributed by atoms with Gasteiger partial charge in [0, 0.05) is 11.9 Å². The van der Waals surface area contributed by atoms with E-state index in [1.807, 2.05) is 20.0 Å². The number of nitrogens with zero attached hydrogens (tertiary/aromatic N) is 1. The molecular formula is C22H29N. The van der Waals surface area contributed by atoms with Crippen molar-refractivity contribution in [3.05, 3.63) is 77.5 Å². The van der Waals surface area contributed by atoms with E-state index < -0.39 is 0 Å². The smallest absolute Gasteiger partial charge is 0.0395 e. The molecule has 0 atom stereocenters. The van der Waals surface area contributed by atoms with Crippen molar-refractivity contribution in [2.45, 2.75) is 41.5 Å². The maximum Gasteiger partial charge on any atom is 0.0395 e. The summed E-state index contributed by atoms with van der Waals surface area (Å²) in [5.74, 6) is 0.445. The number of rotatable bonds is 6. The highest BCUT2D eigenvalue weighted by Gasteiger charge is 2.09. The Labute approximate surface area is 141 Å². The normalized spacial score (nSPS) is 13.4. The van der Waals surface area contributed by atoms with Crippen LogP contribution in [0.5, 0.6) is 0 Å². The summed E-state index contributed by atoms with van der Waals surface area (Å²) in [5, 5.41) is 0. The summed E-state index contributed by atoms with van der Waals surface area (Å²) in [5.41, 5.74) is 7.65. The van der Waals surface area contributed by atoms with Gasteiger partial charge in [-0.15, -0.1) is 0 Å². The van der Waals surface area contributed by atoms with Crippen LogP contribution >= 0.6 is 0 Å². The highest BCUT2D eigenvalue weighted by molar-refractivity contribution is 5.97. The molecule has 0 aliphatic carbocycles. The van der Waals surface area contributed by atoms with Gasteiger partial charge in [0.2, 0.25) is 0 Å². The molecule has 0 radical (unpaired) electrons. The number of hydrogen-bond acceptors (Lipinski definition) is 1. The summed E-state index contributed by atoms with van der Waals surface area (Å²) < 4.78 is 0. The van der Waals surface area contributed by atoms with E-state index >= 15 is 0 Å². The zero-order valence-corrected chi connectivity index (χ0v) is 15.4. The Morgan fingerprint density at radius 3 is 2.30 bits per heavy atom. The zero-order chi connectivity index (χ0) is 17.6. The Bertz CT molecular complexity index is 682. The quantitative estimate of drug-likeness (QED) is 0.418. The monoisotopic (exact) mass is 307 g/mol. The Balaban J connectivity index is 3.25. The van der Waals surface area contributed by atoms with Crippen LogP contribution in [0.25, 0.3) is 5.57 Å². The Hall–Kier alpha value is -2.15. The van der Waals surface area contributed by atoms with Crippen LogP contribution in [0.4, 0.5) is 0 Å². The van der Waals surface area contributed by atoms with E-state index in [0.29, 0.717) is 5.92 Å². The molecule has 122 valence electrons. The van der Waals surface area contributed by atoms with Crippen molar-refractivity contribution < 1.29 is 0 Å². The van der Waals surface area contributed by atoms with E-state index in [1.54, 1.807) is 0 Å². The van der Waals surface area contributed by atoms with Gasteiger partial charge in [-0.05, 0) is 61.5 Å². The lowest BCUT2D eigenvalue weighted by molar-refractivity contribution is 0.826. The second-order valence-corrected chi connectivity index (χ2v) is 6.48. The largest absolute Gasteiger partial charge is 0.261 e. The molecule has 1 rings (SSSR count). The van der Waals surface area contributed by atoms with Crippen molar-refractivity contribution in [2.24, 2.45) is 10.9 Å². The van der Waals surface area contributed by atoms with Crippen molar-refractivity contribution in [1.29, 1.82) is 0 Å². The molecule has 0 aliphatic rings. The van der Waals surface area contributed by atoms with Gasteiger partial charge in [0.15, 0.2) is 0 Å². The van der Waals surface area contributed by atoms with E-state index in [0.717, 1.165) is 33.6 Å². The molecular weight excluding hydrogens is 278 g/mol. The minimum absolute atomic E-state index is 0.445. The molecule has 0 aromatic heterocycles. The fourth-order valence-electron chi connectivity index (χ4n) is 2.17. The number of allylic oxidation sites excluding steroid dienone is 5. The average molecular weight is 307 g/mol. The summed E-state index contributed by atoms with van der Waals surface area (Å²) in [6.07, 6.45) is 4.17. The minimum Gasteiger partial charge on any atom is -0.261 e. The van der Waals surface area contributed by atoms with E-state index in [9.17, 15) is 0 Å². The van der Waals surface area contributed by atoms with Crippen molar-refractivity contribution in [1.82, 2.24) is 0 Å². The van der Waals surface area contributed by atoms with E-state index in [4.69, 9.17) is 0 Å². The van der Waals surface area contributed by atoms with Gasteiger partial charge in [0.1, 0.15) is 0 Å². The first-order chi connectivity index (χ1) is 10.7. The Morgan fingerprint density at radius 2 is 1.78 bits per heavy atom. The lowest BCUT2D eigenvalue weighted by Crippen LogP contribution is -1.96. The zero-order valence-electron chi connectivity index (χ0n) is 15.4. The van der Waals surface area contributed by atoms with Gasteiger partial charge in [0.25, 0.3) is 0 Å². The van der Waals surface area contributed by atoms with Crippen LogP contribution in [-0.2, 0) is 0 Å². The van der Waals surface area contributed by atoms with Gasteiger partial charge in [-0.25, -0.2) is 0 Å². The lowest BCUT2D eigenvalue weighted by atomic mass is 9.91. The molecule has 0 N–H and O–H groups in total. The molecule has 0 aliphatic heterocycles. The Kier molecular flexibility index (Phi) is 6.96. The first-order valence-corrected chi connectivity index (χ1v) is 8.08. The first kappa shape index (κ1) is 18.9. The van der Waals surface area contributed by atoms with Crippen LogP contribution < -0.4 is 0 Å². The van der Waals surface area contributed by atoms with Crippen LogP contribution in [0.2, 0.25) is 0 Å². The van der Waals surface area contributed by atoms with Crippen LogP contribution in [0, 0.1) is 12.8 Å². The third kappa shape index (κ3) is 5.86. The topological polar surface area (TPSA) is 12.4 Å². The van der Waals surface area contributed by atoms with Crippen molar-refractivity contribution in [2.75, 3.05) is 0 Å². The fourth-order valence-corrected chi connectivity index (χ4v) is 2.17. The molecule has 0 amide bonds. The summed E-state index contributed by atoms with van der Waals surface area (Å²) in [6, 6.07) is 8.46. The lowest BCUT2D eigenvalue weighted by Gasteiger charge is -2.14. The molecule has 1 aromatic carbocycles. The molecule has 1 aromatic rings. The Morgan fingerprint density at radius 1 is 1.13 bits per heavy atom. The van der Waals surface area contributed by atoms with Gasteiger partial charge in [-0.2, -0.15) is 0 Å². The van der Waals surface area contributed by atoms with Gasteiger partial charge >= 0.3 is 0 Å². The summed E-state index contributed by atoms with van der Waals surface area (Å²) in [4.78, 5) is 4.52. The summed E-state index contributed by atoms with van der Waals surface area (Å²) in [7, 11) is 0. The van der Waals surface area contributed by atoms with E-state index in [1.165, 1.54) is 5.56 Å². The molecule has 23 heavy (non-hydrogen) atoms. The van der Waals surface area contributed by atoms with Gasteiger partial charge < -0.3 is 0 Å². The molecule has 0 spiro atoms. The standard InChI is InChI=1S/C22H29N/c1-15(2)12-22(18(6)14-23-20(8)16(3)4)19(7)21-11-9-10-17(5)13-21/h9-15H,3,7H2,1-2,4-6,8H3/b18-14+,22-12-,23-20?. The second kappa shape index (κ2) is 8.47. The summed E-state index contributed by atoms with van der Waals surface area (Å²) >= 11 is 0. The van der Waals surface area contributed by atoms with Gasteiger partial charge in [0.05, 0.1) is 0 Å². The number of aryl methyl sites for hydroxylation is 1. The highest BCUT2D eigenvalue weighted by atomic mass is 14.7. The van der Waals surface area contributed by atoms with Crippen LogP contribution in [0.3, 0.4) is 0 Å². The van der Waals surface area contributed by atoms with Crippen LogP contribution in [-0.4, -0.2) is 5.71 Å². The minimum atomic E-state index is 0.445. The molecule has 1 heteroatoms. The average Bonchev–Trinajstić information content (AvgIpc) is 2.48. The van der Waals surface area contributed by atoms with Crippen molar-refractivity contribution in [3.8, 4) is 0 Å². The number of benzene rings is 1. The fraction of sp³-hybridized carbons (Fsp3) is 0.318. The molecule has 0 saturated carbocycles. The van der Waals surface area contributed by atoms with Crippen molar-refractivity contribution >= 4 is 11.3 Å². The van der Waals surface area contributed by atoms with Crippen LogP contribution in [0.15, 0.2) is 71.4 Å².